The number of halogens is 1. The fourth-order valence-electron chi connectivity index (χ4n) is 11.2. The van der Waals surface area contributed by atoms with Gasteiger partial charge in [0.1, 0.15) is 17.7 Å². The third-order valence-electron chi connectivity index (χ3n) is 16.1. The number of nitrogens with two attached hydrogens (primary N) is 1. The van der Waals surface area contributed by atoms with E-state index >= 15 is 0 Å². The van der Waals surface area contributed by atoms with Gasteiger partial charge in [0.15, 0.2) is 11.6 Å². The molecule has 2 aliphatic carbocycles. The second-order valence-electron chi connectivity index (χ2n) is 24.2. The molecule has 9 N–H and O–H groups in total. The number of H-pyrrole nitrogens is 2. The minimum absolute atomic E-state index is 0.143. The van der Waals surface area contributed by atoms with Gasteiger partial charge in [0.2, 0.25) is 33.7 Å². The maximum atomic E-state index is 14.1. The standard InChI is InChI=1S/C35H40N6O8S.C30H36BrN5O6/c1-21-7-16-28(50(47,48)41(2)3)19-29(21)26-6-4-5-23(17-26)18-30(38-32(42)25-10-8-22(9-11-25)20-36-34(44)45)33(43)37-27-14-12-24(13-15-27)31-39-35(46)49-40-31;1-30(2,3)41-28(39)33-17-18-7-9-21(10-8-18)27(38)36(24(25(32)37)16-19-5-4-6-22(31)15-19)23-13-11-20(12-14-23)26-34-29(40)42-35-26/h4-7,12-17,19,22,25,30,36H,8-11,18,20H2,1-3H3,(H,37,43)(H,38,42)(H,44,45)(H,39,40,46);4-6,11-15,18,21,24H,7-10,16-17H2,1-3H3,(H2,32,37)(H,33,39)(H,34,35,40)/t22?,25?,30-;18?,21?,24-/m00/s1. The SMILES string of the molecule is CC(C)(C)OC(=O)NCC1CCC(C(=O)N(c2ccc(-c3noc(=O)[nH]3)cc2)[C@@H](Cc2cccc(Br)c2)C(N)=O)CC1.Cc1ccc(S(=O)(=O)N(C)C)cc1-c1cccc(C[C@H](NC(=O)C2CCC(CNC(=O)O)CC2)C(=O)Nc2ccc(-c3noc(=O)[nH]3)cc2)c1. The summed E-state index contributed by atoms with van der Waals surface area (Å²) in [5.41, 5.74) is 11.4. The van der Waals surface area contributed by atoms with Crippen LogP contribution in [0.1, 0.15) is 88.8 Å². The summed E-state index contributed by atoms with van der Waals surface area (Å²) in [7, 11) is -0.714. The van der Waals surface area contributed by atoms with Crippen LogP contribution in [0.3, 0.4) is 0 Å². The van der Waals surface area contributed by atoms with Gasteiger partial charge in [-0.1, -0.05) is 68.7 Å². The highest BCUT2D eigenvalue weighted by Gasteiger charge is 2.37. The van der Waals surface area contributed by atoms with Crippen LogP contribution in [-0.2, 0) is 46.8 Å². The predicted molar refractivity (Wildman–Crippen MR) is 346 cm³/mol. The van der Waals surface area contributed by atoms with Crippen molar-refractivity contribution in [1.29, 1.82) is 0 Å². The van der Waals surface area contributed by atoms with Crippen LogP contribution in [0.15, 0.2) is 143 Å². The summed E-state index contributed by atoms with van der Waals surface area (Å²) < 4.78 is 42.2. The van der Waals surface area contributed by atoms with Crippen LogP contribution in [0.5, 0.6) is 0 Å². The maximum absolute atomic E-state index is 14.1. The Kier molecular flexibility index (Phi) is 23.0. The molecule has 488 valence electrons. The molecule has 2 saturated carbocycles. The molecule has 0 bridgehead atoms. The van der Waals surface area contributed by atoms with Gasteiger partial charge in [0.05, 0.1) is 4.90 Å². The van der Waals surface area contributed by atoms with Crippen LogP contribution in [-0.4, -0.2) is 119 Å². The number of aromatic nitrogens is 4. The van der Waals surface area contributed by atoms with E-state index in [1.54, 1.807) is 66.7 Å². The van der Waals surface area contributed by atoms with E-state index in [1.807, 2.05) is 76.2 Å². The Morgan fingerprint density at radius 3 is 1.80 bits per heavy atom. The van der Waals surface area contributed by atoms with Crippen LogP contribution in [0.4, 0.5) is 21.0 Å². The number of rotatable bonds is 21. The first-order chi connectivity index (χ1) is 43.7. The Morgan fingerprint density at radius 2 is 1.27 bits per heavy atom. The van der Waals surface area contributed by atoms with Crippen LogP contribution in [0.25, 0.3) is 33.9 Å². The van der Waals surface area contributed by atoms with Gasteiger partial charge in [-0.05, 0) is 192 Å². The van der Waals surface area contributed by atoms with E-state index in [-0.39, 0.29) is 64.9 Å². The number of carbonyl (C=O) groups excluding carboxylic acids is 5. The Labute approximate surface area is 539 Å². The number of carboxylic acid groups (broad SMARTS) is 1. The van der Waals surface area contributed by atoms with Crippen molar-refractivity contribution >= 4 is 73.1 Å². The van der Waals surface area contributed by atoms with Gasteiger partial charge in [0.25, 0.3) is 0 Å². The summed E-state index contributed by atoms with van der Waals surface area (Å²) in [5, 5.41) is 27.4. The van der Waals surface area contributed by atoms with Crippen molar-refractivity contribution < 1.29 is 56.1 Å². The number of primary amides is 1. The molecule has 92 heavy (non-hydrogen) atoms. The normalized spacial score (nSPS) is 17.2. The molecule has 2 atom stereocenters. The number of aromatic amines is 2. The molecule has 27 heteroatoms. The molecule has 0 radical (unpaired) electrons. The van der Waals surface area contributed by atoms with Gasteiger partial charge in [-0.25, -0.2) is 31.9 Å². The average Bonchev–Trinajstić information content (AvgIpc) is 0.992. The molecule has 2 fully saturated rings. The lowest BCUT2D eigenvalue weighted by molar-refractivity contribution is -0.130. The zero-order valence-corrected chi connectivity index (χ0v) is 54.2. The number of nitrogens with zero attached hydrogens (tertiary/aromatic N) is 4. The molecular weight excluding hydrogens is 1270 g/mol. The smallest absolute Gasteiger partial charge is 0.439 e. The van der Waals surface area contributed by atoms with E-state index in [4.69, 9.17) is 15.6 Å². The third kappa shape index (κ3) is 18.9. The molecule has 0 aliphatic heterocycles. The maximum Gasteiger partial charge on any atom is 0.439 e. The highest BCUT2D eigenvalue weighted by Crippen LogP contribution is 2.35. The van der Waals surface area contributed by atoms with Crippen LogP contribution >= 0.6 is 15.9 Å². The minimum atomic E-state index is -3.67. The van der Waals surface area contributed by atoms with E-state index in [9.17, 15) is 46.8 Å². The lowest BCUT2D eigenvalue weighted by Gasteiger charge is -2.36. The molecule has 2 heterocycles. The van der Waals surface area contributed by atoms with Gasteiger partial charge in [-0.15, -0.1) is 0 Å². The van der Waals surface area contributed by atoms with Gasteiger partial charge in [0, 0.05) is 78.8 Å². The molecule has 2 aliphatic rings. The van der Waals surface area contributed by atoms with Crippen LogP contribution in [0.2, 0.25) is 0 Å². The highest BCUT2D eigenvalue weighted by atomic mass is 79.9. The largest absolute Gasteiger partial charge is 0.465 e. The molecular formula is C65H76BrN11O14S. The number of aryl methyl sites for hydroxylation is 1. The fraction of sp³-hybridized carbons (Fsp3) is 0.385. The van der Waals surface area contributed by atoms with E-state index < -0.39 is 63.2 Å². The Hall–Kier alpha value is -9.21. The number of carbonyl (C=O) groups is 6. The van der Waals surface area contributed by atoms with Gasteiger partial charge in [-0.3, -0.25) is 43.1 Å². The van der Waals surface area contributed by atoms with Gasteiger partial charge in [-0.2, -0.15) is 0 Å². The summed E-state index contributed by atoms with van der Waals surface area (Å²) in [6.07, 6.45) is 4.05. The fourth-order valence-corrected chi connectivity index (χ4v) is 12.6. The lowest BCUT2D eigenvalue weighted by Crippen LogP contribution is -2.52. The number of benzene rings is 5. The first kappa shape index (κ1) is 68.7. The molecule has 9 rings (SSSR count). The zero-order chi connectivity index (χ0) is 66.4. The summed E-state index contributed by atoms with van der Waals surface area (Å²) in [4.78, 5) is 107. The first-order valence-corrected chi connectivity index (χ1v) is 32.3. The summed E-state index contributed by atoms with van der Waals surface area (Å²) >= 11 is 3.47. The molecule has 6 amide bonds. The second-order valence-corrected chi connectivity index (χ2v) is 27.3. The van der Waals surface area contributed by atoms with Crippen molar-refractivity contribution in [3.05, 3.63) is 158 Å². The monoisotopic (exact) mass is 1350 g/mol. The van der Waals surface area contributed by atoms with E-state index in [0.717, 1.165) is 49.4 Å². The number of ether oxygens (including phenoxy) is 1. The van der Waals surface area contributed by atoms with E-state index in [0.29, 0.717) is 74.1 Å². The molecule has 0 saturated heterocycles. The number of sulfonamides is 1. The number of nitrogens with one attached hydrogen (secondary N) is 6. The second kappa shape index (κ2) is 30.7. The van der Waals surface area contributed by atoms with Crippen LogP contribution in [0, 0.1) is 30.6 Å². The molecule has 5 aromatic carbocycles. The topological polar surface area (TPSA) is 364 Å². The van der Waals surface area contributed by atoms with Crippen molar-refractivity contribution in [3.63, 3.8) is 0 Å². The molecule has 7 aromatic rings. The molecule has 2 aromatic heterocycles. The van der Waals surface area contributed by atoms with E-state index in [2.05, 4.69) is 66.5 Å². The quantitative estimate of drug-likeness (QED) is 0.0334. The zero-order valence-electron chi connectivity index (χ0n) is 51.8. The van der Waals surface area contributed by atoms with Crippen molar-refractivity contribution in [3.8, 4) is 33.9 Å². The summed E-state index contributed by atoms with van der Waals surface area (Å²) in [6, 6.07) is 31.4. The van der Waals surface area contributed by atoms with Crippen molar-refractivity contribution in [2.75, 3.05) is 37.4 Å². The Bertz CT molecular complexity index is 3980. The van der Waals surface area contributed by atoms with Crippen molar-refractivity contribution in [1.82, 2.24) is 40.5 Å². The van der Waals surface area contributed by atoms with Gasteiger partial charge >= 0.3 is 23.7 Å². The van der Waals surface area contributed by atoms with Crippen molar-refractivity contribution in [2.45, 2.75) is 114 Å². The Morgan fingerprint density at radius 1 is 0.717 bits per heavy atom. The van der Waals surface area contributed by atoms with Gasteiger partial charge < -0.3 is 36.8 Å². The molecule has 25 nitrogen and oxygen atoms in total. The van der Waals surface area contributed by atoms with Crippen molar-refractivity contribution in [2.24, 2.45) is 29.4 Å². The van der Waals surface area contributed by atoms with Crippen LogP contribution < -0.4 is 43.4 Å². The predicted octanol–water partition coefficient (Wildman–Crippen LogP) is 8.55. The number of alkyl carbamates (subject to hydrolysis) is 1. The summed E-state index contributed by atoms with van der Waals surface area (Å²) in [5.74, 6) is -2.66. The highest BCUT2D eigenvalue weighted by molar-refractivity contribution is 9.10. The molecule has 0 spiro atoms. The number of hydrogen-bond donors (Lipinski definition) is 8. The number of amides is 6. The average molecular weight is 1350 g/mol. The lowest BCUT2D eigenvalue weighted by atomic mass is 9.81. The third-order valence-corrected chi connectivity index (χ3v) is 18.4. The Balaban J connectivity index is 0.000000240. The molecule has 0 unspecified atom stereocenters. The minimum Gasteiger partial charge on any atom is -0.465 e. The first-order valence-electron chi connectivity index (χ1n) is 30.1. The summed E-state index contributed by atoms with van der Waals surface area (Å²) in [6.45, 7) is 8.13. The number of anilines is 2. The van der Waals surface area contributed by atoms with E-state index in [1.165, 1.54) is 19.0 Å². The number of hydrogen-bond acceptors (Lipinski definition) is 15.